The average Bonchev–Trinajstić information content (AvgIpc) is 3.48. The van der Waals surface area contributed by atoms with Gasteiger partial charge in [0, 0.05) is 25.3 Å². The Hall–Kier alpha value is -3.20. The van der Waals surface area contributed by atoms with Gasteiger partial charge in [0.05, 0.1) is 4.90 Å². The van der Waals surface area contributed by atoms with E-state index in [1.807, 2.05) is 53.2 Å². The van der Waals surface area contributed by atoms with Crippen molar-refractivity contribution < 1.29 is 13.2 Å². The molecule has 1 aliphatic heterocycles. The lowest BCUT2D eigenvalue weighted by atomic mass is 10.1. The third-order valence-electron chi connectivity index (χ3n) is 6.19. The molecule has 0 bridgehead atoms. The Morgan fingerprint density at radius 3 is 2.53 bits per heavy atom. The first-order chi connectivity index (χ1) is 16.4. The number of rotatable bonds is 7. The van der Waals surface area contributed by atoms with Crippen LogP contribution in [0.25, 0.3) is 10.8 Å². The topological polar surface area (TPSA) is 83.7 Å². The van der Waals surface area contributed by atoms with Crippen LogP contribution in [0, 0.1) is 0 Å². The van der Waals surface area contributed by atoms with Crippen LogP contribution in [-0.4, -0.2) is 36.1 Å². The maximum atomic E-state index is 13.9. The number of carbonyl (C=O) groups excluding carboxylic acids is 1. The Morgan fingerprint density at radius 1 is 0.971 bits per heavy atom. The van der Waals surface area contributed by atoms with Gasteiger partial charge in [0.25, 0.3) is 0 Å². The van der Waals surface area contributed by atoms with Crippen molar-refractivity contribution in [2.75, 3.05) is 12.3 Å². The number of hydrogen-bond donors (Lipinski definition) is 1. The van der Waals surface area contributed by atoms with E-state index >= 15 is 0 Å². The van der Waals surface area contributed by atoms with Gasteiger partial charge in [0.1, 0.15) is 6.04 Å². The lowest BCUT2D eigenvalue weighted by Crippen LogP contribution is -2.44. The third kappa shape index (κ3) is 4.44. The number of nitrogens with zero attached hydrogens (tertiary/aromatic N) is 2. The summed E-state index contributed by atoms with van der Waals surface area (Å²) in [4.78, 5) is 15.3. The number of likely N-dealkylation sites (tertiary alicyclic amines) is 1. The molecule has 0 spiro atoms. The summed E-state index contributed by atoms with van der Waals surface area (Å²) in [6, 6.07) is 21.1. The second-order valence-corrected chi connectivity index (χ2v) is 11.2. The first-order valence-corrected chi connectivity index (χ1v) is 13.4. The van der Waals surface area contributed by atoms with Gasteiger partial charge in [0.2, 0.25) is 15.9 Å². The average molecular weight is 492 g/mol. The molecule has 0 aliphatic carbocycles. The molecule has 1 saturated heterocycles. The SMILES string of the molecule is Nc1ccc2ccc(S(=O)(=O)N(Cc3ccccc3)[C@H]3CCN(Cc4ccsc4)C3=O)cc2c1. The fourth-order valence-electron chi connectivity index (χ4n) is 4.41. The zero-order chi connectivity index (χ0) is 23.7. The molecule has 1 fully saturated rings. The minimum Gasteiger partial charge on any atom is -0.399 e. The fraction of sp³-hybridized carbons (Fsp3) is 0.192. The number of carbonyl (C=O) groups is 1. The largest absolute Gasteiger partial charge is 0.399 e. The zero-order valence-electron chi connectivity index (χ0n) is 18.5. The van der Waals surface area contributed by atoms with Gasteiger partial charge in [-0.25, -0.2) is 8.42 Å². The smallest absolute Gasteiger partial charge is 0.244 e. The van der Waals surface area contributed by atoms with Crippen LogP contribution >= 0.6 is 11.3 Å². The summed E-state index contributed by atoms with van der Waals surface area (Å²) in [7, 11) is -3.96. The van der Waals surface area contributed by atoms with Gasteiger partial charge in [-0.1, -0.05) is 42.5 Å². The summed E-state index contributed by atoms with van der Waals surface area (Å²) in [5.41, 5.74) is 8.38. The van der Waals surface area contributed by atoms with Crippen LogP contribution in [0.2, 0.25) is 0 Å². The van der Waals surface area contributed by atoms with Gasteiger partial charge < -0.3 is 10.6 Å². The summed E-state index contributed by atoms with van der Waals surface area (Å²) < 4.78 is 29.3. The van der Waals surface area contributed by atoms with Crippen molar-refractivity contribution in [3.8, 4) is 0 Å². The van der Waals surface area contributed by atoms with E-state index < -0.39 is 16.1 Å². The maximum Gasteiger partial charge on any atom is 0.244 e. The molecule has 3 aromatic carbocycles. The fourth-order valence-corrected chi connectivity index (χ4v) is 6.71. The normalized spacial score (nSPS) is 16.6. The van der Waals surface area contributed by atoms with Crippen molar-refractivity contribution in [1.82, 2.24) is 9.21 Å². The second-order valence-electron chi connectivity index (χ2n) is 8.50. The molecule has 34 heavy (non-hydrogen) atoms. The number of amides is 1. The summed E-state index contributed by atoms with van der Waals surface area (Å²) >= 11 is 1.58. The highest BCUT2D eigenvalue weighted by molar-refractivity contribution is 7.89. The van der Waals surface area contributed by atoms with Crippen LogP contribution in [0.15, 0.2) is 88.5 Å². The highest BCUT2D eigenvalue weighted by Gasteiger charge is 2.42. The molecule has 2 heterocycles. The van der Waals surface area contributed by atoms with Gasteiger partial charge in [-0.3, -0.25) is 4.79 Å². The number of fused-ring (bicyclic) bond motifs is 1. The lowest BCUT2D eigenvalue weighted by Gasteiger charge is -2.27. The Labute approximate surface area is 203 Å². The van der Waals surface area contributed by atoms with Crippen LogP contribution in [0.4, 0.5) is 5.69 Å². The molecular weight excluding hydrogens is 466 g/mol. The molecule has 5 rings (SSSR count). The minimum atomic E-state index is -3.96. The summed E-state index contributed by atoms with van der Waals surface area (Å²) in [5, 5.41) is 5.64. The van der Waals surface area contributed by atoms with E-state index in [2.05, 4.69) is 0 Å². The van der Waals surface area contributed by atoms with E-state index in [9.17, 15) is 13.2 Å². The van der Waals surface area contributed by atoms with Crippen LogP contribution < -0.4 is 5.73 Å². The van der Waals surface area contributed by atoms with E-state index in [1.165, 1.54) is 4.31 Å². The summed E-state index contributed by atoms with van der Waals surface area (Å²) in [6.07, 6.45) is 0.454. The highest BCUT2D eigenvalue weighted by Crippen LogP contribution is 2.30. The number of thiophene rings is 1. The number of nitrogens with two attached hydrogens (primary N) is 1. The molecule has 1 atom stereocenters. The molecule has 0 unspecified atom stereocenters. The van der Waals surface area contributed by atoms with Crippen molar-refractivity contribution in [3.05, 3.63) is 94.7 Å². The summed E-state index contributed by atoms with van der Waals surface area (Å²) in [6.45, 7) is 1.14. The molecule has 0 saturated carbocycles. The molecule has 2 N–H and O–H groups in total. The number of nitrogen functional groups attached to an aromatic ring is 1. The van der Waals surface area contributed by atoms with Crippen LogP contribution in [0.5, 0.6) is 0 Å². The zero-order valence-corrected chi connectivity index (χ0v) is 20.1. The number of hydrogen-bond acceptors (Lipinski definition) is 5. The standard InChI is InChI=1S/C26H25N3O3S2/c27-23-8-6-21-7-9-24(15-22(21)14-23)34(31,32)29(17-19-4-2-1-3-5-19)25-10-12-28(26(25)30)16-20-11-13-33-18-20/h1-9,11,13-15,18,25H,10,12,16-17,27H2/t25-/m0/s1. The van der Waals surface area contributed by atoms with E-state index in [1.54, 1.807) is 46.6 Å². The highest BCUT2D eigenvalue weighted by atomic mass is 32.2. The van der Waals surface area contributed by atoms with E-state index in [0.29, 0.717) is 25.2 Å². The van der Waals surface area contributed by atoms with Crippen molar-refractivity contribution in [2.45, 2.75) is 30.4 Å². The van der Waals surface area contributed by atoms with Gasteiger partial charge in [-0.05, 0) is 69.4 Å². The quantitative estimate of drug-likeness (QED) is 0.387. The van der Waals surface area contributed by atoms with Gasteiger partial charge in [0.15, 0.2) is 0 Å². The van der Waals surface area contributed by atoms with Crippen LogP contribution in [-0.2, 0) is 27.9 Å². The van der Waals surface area contributed by atoms with Crippen LogP contribution in [0.1, 0.15) is 17.5 Å². The van der Waals surface area contributed by atoms with Crippen molar-refractivity contribution in [1.29, 1.82) is 0 Å². The molecule has 0 radical (unpaired) electrons. The molecule has 8 heteroatoms. The first kappa shape index (κ1) is 22.6. The van der Waals surface area contributed by atoms with Gasteiger partial charge in [-0.2, -0.15) is 15.6 Å². The van der Waals surface area contributed by atoms with E-state index in [-0.39, 0.29) is 17.3 Å². The van der Waals surface area contributed by atoms with E-state index in [0.717, 1.165) is 21.9 Å². The maximum absolute atomic E-state index is 13.9. The number of sulfonamides is 1. The predicted octanol–water partition coefficient (Wildman–Crippen LogP) is 4.48. The van der Waals surface area contributed by atoms with Crippen molar-refractivity contribution in [3.63, 3.8) is 0 Å². The van der Waals surface area contributed by atoms with Crippen LogP contribution in [0.3, 0.4) is 0 Å². The summed E-state index contributed by atoms with van der Waals surface area (Å²) in [5.74, 6) is -0.157. The molecule has 174 valence electrons. The third-order valence-corrected chi connectivity index (χ3v) is 8.78. The second kappa shape index (κ2) is 9.21. The predicted molar refractivity (Wildman–Crippen MR) is 136 cm³/mol. The van der Waals surface area contributed by atoms with Gasteiger partial charge >= 0.3 is 0 Å². The molecule has 6 nitrogen and oxygen atoms in total. The van der Waals surface area contributed by atoms with Crippen molar-refractivity contribution >= 4 is 43.7 Å². The van der Waals surface area contributed by atoms with Crippen molar-refractivity contribution in [2.24, 2.45) is 0 Å². The Balaban J connectivity index is 1.51. The van der Waals surface area contributed by atoms with Gasteiger partial charge in [-0.15, -0.1) is 0 Å². The minimum absolute atomic E-state index is 0.126. The van der Waals surface area contributed by atoms with E-state index in [4.69, 9.17) is 5.73 Å². The number of anilines is 1. The molecule has 1 amide bonds. The molecule has 4 aromatic rings. The Bertz CT molecular complexity index is 1420. The molecule has 1 aromatic heterocycles. The first-order valence-electron chi connectivity index (χ1n) is 11.1. The molecular formula is C26H25N3O3S2. The lowest BCUT2D eigenvalue weighted by molar-refractivity contribution is -0.131. The molecule has 1 aliphatic rings. The Kier molecular flexibility index (Phi) is 6.12. The number of benzene rings is 3. The Morgan fingerprint density at radius 2 is 1.76 bits per heavy atom. The monoisotopic (exact) mass is 491 g/mol.